The Kier molecular flexibility index (Phi) is 8.58. The first kappa shape index (κ1) is 14.9. The van der Waals surface area contributed by atoms with Gasteiger partial charge in [0.25, 0.3) is 0 Å². The normalized spacial score (nSPS) is 11.9. The average Bonchev–Trinajstić information content (AvgIpc) is 2.30. The topological polar surface area (TPSA) is 52.6 Å². The molecule has 0 fully saturated rings. The van der Waals surface area contributed by atoms with Crippen molar-refractivity contribution in [2.75, 3.05) is 13.2 Å². The molecule has 0 N–H and O–H groups in total. The van der Waals surface area contributed by atoms with Crippen LogP contribution in [0.3, 0.4) is 0 Å². The van der Waals surface area contributed by atoms with E-state index < -0.39 is 0 Å². The number of hydrogen-bond acceptors (Lipinski definition) is 4. The monoisotopic (exact) mass is 230 g/mol. The van der Waals surface area contributed by atoms with Gasteiger partial charge in [0.05, 0.1) is 25.6 Å². The molecule has 1 unspecified atom stereocenters. The summed E-state index contributed by atoms with van der Waals surface area (Å²) in [5.41, 5.74) is 0. The lowest BCUT2D eigenvalue weighted by Gasteiger charge is -2.13. The van der Waals surface area contributed by atoms with Gasteiger partial charge in [-0.2, -0.15) is 0 Å². The Morgan fingerprint density at radius 2 is 1.56 bits per heavy atom. The van der Waals surface area contributed by atoms with Gasteiger partial charge in [0.2, 0.25) is 0 Å². The van der Waals surface area contributed by atoms with E-state index in [0.717, 1.165) is 12.8 Å². The Balaban J connectivity index is 3.97. The Bertz CT molecular complexity index is 213. The van der Waals surface area contributed by atoms with Crippen LogP contribution in [-0.4, -0.2) is 25.2 Å². The van der Waals surface area contributed by atoms with E-state index in [1.54, 1.807) is 0 Å². The van der Waals surface area contributed by atoms with Gasteiger partial charge in [-0.1, -0.05) is 20.8 Å². The van der Waals surface area contributed by atoms with Crippen molar-refractivity contribution in [2.45, 2.75) is 46.5 Å². The standard InChI is InChI=1S/C12H22O4/c1-4-7-15-11(13)9-10(6-3)12(14)16-8-5-2/h10H,4-9H2,1-3H3. The molecule has 4 nitrogen and oxygen atoms in total. The lowest BCUT2D eigenvalue weighted by atomic mass is 10.0. The highest BCUT2D eigenvalue weighted by Crippen LogP contribution is 2.12. The van der Waals surface area contributed by atoms with Crippen LogP contribution in [0.5, 0.6) is 0 Å². The Labute approximate surface area is 97.3 Å². The maximum Gasteiger partial charge on any atom is 0.309 e. The summed E-state index contributed by atoms with van der Waals surface area (Å²) in [5.74, 6) is -0.976. The molecule has 0 spiro atoms. The largest absolute Gasteiger partial charge is 0.466 e. The number of ether oxygens (including phenoxy) is 2. The minimum absolute atomic E-state index is 0.124. The van der Waals surface area contributed by atoms with Crippen molar-refractivity contribution < 1.29 is 19.1 Å². The highest BCUT2D eigenvalue weighted by atomic mass is 16.5. The lowest BCUT2D eigenvalue weighted by Crippen LogP contribution is -2.22. The molecule has 0 heterocycles. The molecule has 0 saturated carbocycles. The van der Waals surface area contributed by atoms with Crippen LogP contribution in [0.15, 0.2) is 0 Å². The zero-order valence-electron chi connectivity index (χ0n) is 10.5. The van der Waals surface area contributed by atoms with E-state index in [0.29, 0.717) is 19.6 Å². The molecule has 0 aliphatic rings. The third-order valence-corrected chi connectivity index (χ3v) is 2.15. The van der Waals surface area contributed by atoms with Crippen molar-refractivity contribution in [3.8, 4) is 0 Å². The predicted octanol–water partition coefficient (Wildman–Crippen LogP) is 2.31. The lowest BCUT2D eigenvalue weighted by molar-refractivity contribution is -0.155. The fraction of sp³-hybridized carbons (Fsp3) is 0.833. The SMILES string of the molecule is CCCOC(=O)CC(CC)C(=O)OCCC. The fourth-order valence-corrected chi connectivity index (χ4v) is 1.19. The number of carbonyl (C=O) groups excluding carboxylic acids is 2. The van der Waals surface area contributed by atoms with Crippen molar-refractivity contribution in [3.05, 3.63) is 0 Å². The molecule has 0 rings (SSSR count). The highest BCUT2D eigenvalue weighted by molar-refractivity contribution is 5.79. The van der Waals surface area contributed by atoms with E-state index in [1.165, 1.54) is 0 Å². The average molecular weight is 230 g/mol. The first-order valence-corrected chi connectivity index (χ1v) is 5.97. The van der Waals surface area contributed by atoms with E-state index in [-0.39, 0.29) is 24.3 Å². The maximum atomic E-state index is 11.5. The Hall–Kier alpha value is -1.06. The predicted molar refractivity (Wildman–Crippen MR) is 60.9 cm³/mol. The van der Waals surface area contributed by atoms with Crippen molar-refractivity contribution in [3.63, 3.8) is 0 Å². The molecule has 0 aromatic carbocycles. The number of esters is 2. The first-order chi connectivity index (χ1) is 7.65. The van der Waals surface area contributed by atoms with Crippen LogP contribution in [0.4, 0.5) is 0 Å². The Morgan fingerprint density at radius 3 is 2.06 bits per heavy atom. The van der Waals surface area contributed by atoms with Crippen molar-refractivity contribution in [1.29, 1.82) is 0 Å². The van der Waals surface area contributed by atoms with Gasteiger partial charge in [-0.25, -0.2) is 0 Å². The van der Waals surface area contributed by atoms with Gasteiger partial charge < -0.3 is 9.47 Å². The Morgan fingerprint density at radius 1 is 1.00 bits per heavy atom. The second kappa shape index (κ2) is 9.19. The highest BCUT2D eigenvalue weighted by Gasteiger charge is 2.21. The van der Waals surface area contributed by atoms with Gasteiger partial charge in [0, 0.05) is 0 Å². The molecule has 0 amide bonds. The van der Waals surface area contributed by atoms with E-state index >= 15 is 0 Å². The van der Waals surface area contributed by atoms with E-state index in [9.17, 15) is 9.59 Å². The van der Waals surface area contributed by atoms with Gasteiger partial charge in [0.1, 0.15) is 0 Å². The molecule has 4 heteroatoms. The number of hydrogen-bond donors (Lipinski definition) is 0. The molecule has 0 radical (unpaired) electrons. The summed E-state index contributed by atoms with van der Waals surface area (Å²) in [6.07, 6.45) is 2.31. The number of carbonyl (C=O) groups is 2. The summed E-state index contributed by atoms with van der Waals surface area (Å²) in [6, 6.07) is 0. The molecule has 16 heavy (non-hydrogen) atoms. The molecule has 0 aliphatic heterocycles. The molecule has 0 bridgehead atoms. The third-order valence-electron chi connectivity index (χ3n) is 2.15. The van der Waals surface area contributed by atoms with Crippen LogP contribution in [0, 0.1) is 5.92 Å². The molecule has 1 atom stereocenters. The zero-order valence-corrected chi connectivity index (χ0v) is 10.5. The van der Waals surface area contributed by atoms with Crippen LogP contribution in [0.2, 0.25) is 0 Å². The van der Waals surface area contributed by atoms with Crippen LogP contribution in [0.1, 0.15) is 46.5 Å². The van der Waals surface area contributed by atoms with Crippen molar-refractivity contribution >= 4 is 11.9 Å². The molecule has 0 aromatic rings. The second-order valence-electron chi connectivity index (χ2n) is 3.70. The smallest absolute Gasteiger partial charge is 0.309 e. The molecular weight excluding hydrogens is 208 g/mol. The maximum absolute atomic E-state index is 11.5. The van der Waals surface area contributed by atoms with E-state index in [1.807, 2.05) is 20.8 Å². The van der Waals surface area contributed by atoms with Crippen molar-refractivity contribution in [1.82, 2.24) is 0 Å². The van der Waals surface area contributed by atoms with Gasteiger partial charge in [-0.15, -0.1) is 0 Å². The summed E-state index contributed by atoms with van der Waals surface area (Å²) in [6.45, 7) is 6.56. The fourth-order valence-electron chi connectivity index (χ4n) is 1.19. The van der Waals surface area contributed by atoms with Crippen LogP contribution in [-0.2, 0) is 19.1 Å². The summed E-state index contributed by atoms with van der Waals surface area (Å²) in [5, 5.41) is 0. The summed E-state index contributed by atoms with van der Waals surface area (Å²) < 4.78 is 9.93. The van der Waals surface area contributed by atoms with Crippen LogP contribution < -0.4 is 0 Å². The second-order valence-corrected chi connectivity index (χ2v) is 3.70. The van der Waals surface area contributed by atoms with E-state index in [4.69, 9.17) is 9.47 Å². The summed E-state index contributed by atoms with van der Waals surface area (Å²) in [4.78, 5) is 22.8. The van der Waals surface area contributed by atoms with Crippen LogP contribution >= 0.6 is 0 Å². The minimum Gasteiger partial charge on any atom is -0.466 e. The van der Waals surface area contributed by atoms with Gasteiger partial charge in [0.15, 0.2) is 0 Å². The molecule has 0 aliphatic carbocycles. The zero-order chi connectivity index (χ0) is 12.4. The van der Waals surface area contributed by atoms with Gasteiger partial charge in [-0.3, -0.25) is 9.59 Å². The molecule has 0 aromatic heterocycles. The summed E-state index contributed by atoms with van der Waals surface area (Å²) >= 11 is 0. The molecule has 94 valence electrons. The quantitative estimate of drug-likeness (QED) is 0.600. The number of rotatable bonds is 8. The van der Waals surface area contributed by atoms with Gasteiger partial charge in [-0.05, 0) is 19.3 Å². The molecule has 0 saturated heterocycles. The van der Waals surface area contributed by atoms with Crippen LogP contribution in [0.25, 0.3) is 0 Å². The van der Waals surface area contributed by atoms with Gasteiger partial charge >= 0.3 is 11.9 Å². The summed E-state index contributed by atoms with van der Waals surface area (Å²) in [7, 11) is 0. The minimum atomic E-state index is -0.365. The molecular formula is C12H22O4. The van der Waals surface area contributed by atoms with Crippen molar-refractivity contribution in [2.24, 2.45) is 5.92 Å². The van der Waals surface area contributed by atoms with E-state index in [2.05, 4.69) is 0 Å². The first-order valence-electron chi connectivity index (χ1n) is 5.97. The third kappa shape index (κ3) is 6.43.